The molecule has 1 aliphatic carbocycles. The average Bonchev–Trinajstić information content (AvgIpc) is 2.50. The lowest BCUT2D eigenvalue weighted by atomic mass is 9.86. The lowest BCUT2D eigenvalue weighted by Crippen LogP contribution is -2.02. The Balaban J connectivity index is 0.000000321. The molecular weight excluding hydrogens is 230 g/mol. The second kappa shape index (κ2) is 8.11. The molecule has 1 nitrogen and oxygen atoms in total. The van der Waals surface area contributed by atoms with Crippen molar-refractivity contribution in [3.8, 4) is 11.1 Å². The summed E-state index contributed by atoms with van der Waals surface area (Å²) in [5, 5.41) is 0. The first kappa shape index (κ1) is 15.0. The van der Waals surface area contributed by atoms with Gasteiger partial charge in [-0.2, -0.15) is 0 Å². The summed E-state index contributed by atoms with van der Waals surface area (Å²) in [6.07, 6.45) is 2.38. The molecule has 0 saturated carbocycles. The van der Waals surface area contributed by atoms with Gasteiger partial charge in [0.15, 0.2) is 0 Å². The Morgan fingerprint density at radius 3 is 1.47 bits per heavy atom. The van der Waals surface area contributed by atoms with Crippen LogP contribution in [0.1, 0.15) is 25.0 Å². The molecule has 0 N–H and O–H groups in total. The molecule has 0 amide bonds. The minimum Gasteiger partial charge on any atom is -0.320 e. The van der Waals surface area contributed by atoms with Gasteiger partial charge in [0.2, 0.25) is 7.05 Å². The van der Waals surface area contributed by atoms with Crippen molar-refractivity contribution in [1.82, 2.24) is 0 Å². The third-order valence-electron chi connectivity index (χ3n) is 2.99. The van der Waals surface area contributed by atoms with Crippen LogP contribution in [0, 0.1) is 6.57 Å². The highest BCUT2D eigenvalue weighted by molar-refractivity contribution is 5.72. The van der Waals surface area contributed by atoms with E-state index in [0.717, 1.165) is 0 Å². The largest absolute Gasteiger partial charge is 0.320 e. The van der Waals surface area contributed by atoms with Crippen molar-refractivity contribution in [3.63, 3.8) is 0 Å². The number of hydrogen-bond acceptors (Lipinski definition) is 0. The van der Waals surface area contributed by atoms with E-state index in [2.05, 4.69) is 53.4 Å². The van der Waals surface area contributed by atoms with Crippen LogP contribution in [0.25, 0.3) is 16.0 Å². The van der Waals surface area contributed by atoms with Gasteiger partial charge >= 0.3 is 0 Å². The van der Waals surface area contributed by atoms with Gasteiger partial charge in [0.25, 0.3) is 0 Å². The third-order valence-corrected chi connectivity index (χ3v) is 2.99. The lowest BCUT2D eigenvalue weighted by molar-refractivity contribution is 0.942. The Bertz CT molecular complexity index is 504. The molecule has 0 radical (unpaired) electrons. The molecule has 0 bridgehead atoms. The minimum atomic E-state index is 1.19. The van der Waals surface area contributed by atoms with Gasteiger partial charge in [-0.25, -0.2) is 6.57 Å². The quantitative estimate of drug-likeness (QED) is 0.579. The fourth-order valence-corrected chi connectivity index (χ4v) is 2.27. The highest BCUT2D eigenvalue weighted by atomic mass is 14.5. The maximum atomic E-state index is 5.83. The summed E-state index contributed by atoms with van der Waals surface area (Å²) >= 11 is 0. The monoisotopic (exact) mass is 251 g/mol. The van der Waals surface area contributed by atoms with Gasteiger partial charge in [0, 0.05) is 0 Å². The van der Waals surface area contributed by atoms with Crippen molar-refractivity contribution >= 4 is 0 Å². The molecule has 0 fully saturated rings. The van der Waals surface area contributed by atoms with Crippen LogP contribution in [0.15, 0.2) is 48.5 Å². The second-order valence-electron chi connectivity index (χ2n) is 4.04. The fourth-order valence-electron chi connectivity index (χ4n) is 2.27. The third kappa shape index (κ3) is 3.69. The number of hydrogen-bond donors (Lipinski definition) is 0. The van der Waals surface area contributed by atoms with Crippen LogP contribution in [0.4, 0.5) is 0 Å². The Morgan fingerprint density at radius 1 is 0.789 bits per heavy atom. The Kier molecular flexibility index (Phi) is 6.39. The van der Waals surface area contributed by atoms with Gasteiger partial charge in [0.1, 0.15) is 0 Å². The highest BCUT2D eigenvalue weighted by Gasteiger charge is 2.13. The Morgan fingerprint density at radius 2 is 1.11 bits per heavy atom. The number of fused-ring (bicyclic) bond motifs is 3. The molecule has 0 heterocycles. The molecular formula is C18H21N. The van der Waals surface area contributed by atoms with Crippen LogP contribution >= 0.6 is 0 Å². The van der Waals surface area contributed by atoms with Crippen molar-refractivity contribution in [2.24, 2.45) is 0 Å². The molecule has 2 aromatic carbocycles. The van der Waals surface area contributed by atoms with Crippen LogP contribution in [-0.4, -0.2) is 7.05 Å². The standard InChI is InChI=1S/C14H12.C2H3N.C2H6/c1-3-7-13-11(5-1)9-10-12-6-2-4-8-14(12)13;1-3-2;1-2/h1-8H,9-10H2;1H3;1-2H3. The van der Waals surface area contributed by atoms with Crippen molar-refractivity contribution in [3.05, 3.63) is 71.1 Å². The molecule has 2 aromatic rings. The van der Waals surface area contributed by atoms with Crippen molar-refractivity contribution in [1.29, 1.82) is 0 Å². The Labute approximate surface area is 116 Å². The van der Waals surface area contributed by atoms with E-state index in [1.807, 2.05) is 13.8 Å². The zero-order valence-corrected chi connectivity index (χ0v) is 12.0. The average molecular weight is 251 g/mol. The summed E-state index contributed by atoms with van der Waals surface area (Å²) in [5.74, 6) is 0. The van der Waals surface area contributed by atoms with Gasteiger partial charge in [-0.05, 0) is 35.1 Å². The normalized spacial score (nSPS) is 10.4. The summed E-state index contributed by atoms with van der Waals surface area (Å²) in [6, 6.07) is 17.5. The van der Waals surface area contributed by atoms with E-state index >= 15 is 0 Å². The highest BCUT2D eigenvalue weighted by Crippen LogP contribution is 2.32. The lowest BCUT2D eigenvalue weighted by Gasteiger charge is -2.19. The molecule has 19 heavy (non-hydrogen) atoms. The van der Waals surface area contributed by atoms with Gasteiger partial charge < -0.3 is 4.85 Å². The van der Waals surface area contributed by atoms with E-state index < -0.39 is 0 Å². The number of rotatable bonds is 0. The molecule has 98 valence electrons. The van der Waals surface area contributed by atoms with Crippen molar-refractivity contribution in [2.75, 3.05) is 7.05 Å². The molecule has 0 unspecified atom stereocenters. The number of aryl methyl sites for hydroxylation is 2. The minimum absolute atomic E-state index is 1.19. The van der Waals surface area contributed by atoms with E-state index in [1.165, 1.54) is 42.1 Å². The van der Waals surface area contributed by atoms with Crippen LogP contribution in [0.5, 0.6) is 0 Å². The van der Waals surface area contributed by atoms with E-state index in [0.29, 0.717) is 0 Å². The number of benzene rings is 2. The zero-order valence-electron chi connectivity index (χ0n) is 12.0. The first-order chi connectivity index (χ1) is 9.36. The first-order valence-corrected chi connectivity index (χ1v) is 6.78. The van der Waals surface area contributed by atoms with E-state index in [4.69, 9.17) is 6.57 Å². The predicted molar refractivity (Wildman–Crippen MR) is 83.2 cm³/mol. The second-order valence-corrected chi connectivity index (χ2v) is 4.04. The predicted octanol–water partition coefficient (Wildman–Crippen LogP) is 5.01. The molecule has 1 heteroatoms. The first-order valence-electron chi connectivity index (χ1n) is 6.78. The molecule has 0 aliphatic heterocycles. The van der Waals surface area contributed by atoms with Crippen LogP contribution in [-0.2, 0) is 12.8 Å². The van der Waals surface area contributed by atoms with Gasteiger partial charge in [-0.15, -0.1) is 0 Å². The smallest absolute Gasteiger partial charge is 0.205 e. The summed E-state index contributed by atoms with van der Waals surface area (Å²) in [4.78, 5) is 2.75. The summed E-state index contributed by atoms with van der Waals surface area (Å²) in [5.41, 5.74) is 5.83. The van der Waals surface area contributed by atoms with E-state index in [9.17, 15) is 0 Å². The molecule has 3 rings (SSSR count). The van der Waals surface area contributed by atoms with Crippen LogP contribution in [0.2, 0.25) is 0 Å². The number of nitrogens with zero attached hydrogens (tertiary/aromatic N) is 1. The zero-order chi connectivity index (χ0) is 14.1. The maximum absolute atomic E-state index is 5.83. The molecule has 0 atom stereocenters. The van der Waals surface area contributed by atoms with Crippen molar-refractivity contribution < 1.29 is 0 Å². The molecule has 0 saturated heterocycles. The maximum Gasteiger partial charge on any atom is 0.205 e. The summed E-state index contributed by atoms with van der Waals surface area (Å²) < 4.78 is 0. The van der Waals surface area contributed by atoms with Crippen LogP contribution in [0.3, 0.4) is 0 Å². The fraction of sp³-hybridized carbons (Fsp3) is 0.278. The van der Waals surface area contributed by atoms with E-state index in [1.54, 1.807) is 0 Å². The van der Waals surface area contributed by atoms with Crippen LogP contribution < -0.4 is 0 Å². The summed E-state index contributed by atoms with van der Waals surface area (Å²) in [7, 11) is 1.42. The van der Waals surface area contributed by atoms with Crippen molar-refractivity contribution in [2.45, 2.75) is 26.7 Å². The topological polar surface area (TPSA) is 4.36 Å². The summed E-state index contributed by atoms with van der Waals surface area (Å²) in [6.45, 7) is 9.83. The Hall–Kier alpha value is -2.07. The van der Waals surface area contributed by atoms with Gasteiger partial charge in [-0.3, -0.25) is 0 Å². The molecule has 0 spiro atoms. The van der Waals surface area contributed by atoms with Gasteiger partial charge in [-0.1, -0.05) is 62.4 Å². The molecule has 1 aliphatic rings. The molecule has 0 aromatic heterocycles. The SMILES string of the molecule is CC.[C-]#[N+]C.c1ccc2c(c1)CCc1ccccc1-2. The van der Waals surface area contributed by atoms with E-state index in [-0.39, 0.29) is 0 Å². The van der Waals surface area contributed by atoms with Gasteiger partial charge in [0.05, 0.1) is 0 Å².